The second-order valence-corrected chi connectivity index (χ2v) is 13.0. The summed E-state index contributed by atoms with van der Waals surface area (Å²) < 4.78 is 2.34. The summed E-state index contributed by atoms with van der Waals surface area (Å²) in [6.07, 6.45) is 9.88. The zero-order chi connectivity index (χ0) is 34.3. The summed E-state index contributed by atoms with van der Waals surface area (Å²) in [5, 5.41) is 23.8. The molecule has 0 spiro atoms. The molecule has 12 heteroatoms. The molecule has 0 fully saturated rings. The fourth-order valence-corrected chi connectivity index (χ4v) is 7.50. The van der Waals surface area contributed by atoms with Crippen LogP contribution < -0.4 is 11.1 Å². The number of nitrogens with zero attached hydrogens (tertiary/aromatic N) is 4. The Bertz CT molecular complexity index is 1600. The molecule has 6 rings (SSSR count). The monoisotopic (exact) mass is 700 g/mol. The highest BCUT2D eigenvalue weighted by molar-refractivity contribution is 8.04. The van der Waals surface area contributed by atoms with Crippen molar-refractivity contribution in [3.05, 3.63) is 73.2 Å². The number of hydrogen-bond donors (Lipinski definition) is 2. The van der Waals surface area contributed by atoms with E-state index in [-0.39, 0.29) is 5.91 Å². The van der Waals surface area contributed by atoms with E-state index < -0.39 is 0 Å². The van der Waals surface area contributed by atoms with Crippen LogP contribution in [-0.2, 0) is 22.6 Å². The predicted octanol–water partition coefficient (Wildman–Crippen LogP) is 9.77. The first kappa shape index (κ1) is 40.8. The molecule has 1 aliphatic rings. The Labute approximate surface area is 290 Å². The lowest BCUT2D eigenvalue weighted by Gasteiger charge is -2.07. The van der Waals surface area contributed by atoms with Crippen molar-refractivity contribution in [1.82, 2.24) is 20.4 Å². The average Bonchev–Trinajstić information content (AvgIpc) is 3.86. The lowest BCUT2D eigenvalue weighted by Crippen LogP contribution is -2.13. The van der Waals surface area contributed by atoms with Gasteiger partial charge < -0.3 is 15.8 Å². The molecule has 0 aliphatic carbocycles. The van der Waals surface area contributed by atoms with Gasteiger partial charge in [0.1, 0.15) is 17.3 Å². The van der Waals surface area contributed by atoms with Crippen LogP contribution in [0.25, 0.3) is 20.4 Å². The smallest absolute Gasteiger partial charge is 0.254 e. The third kappa shape index (κ3) is 12.9. The number of amides is 1. The van der Waals surface area contributed by atoms with E-state index in [1.54, 1.807) is 58.2 Å². The summed E-state index contributed by atoms with van der Waals surface area (Å²) in [6, 6.07) is 6.15. The van der Waals surface area contributed by atoms with Gasteiger partial charge in [-0.2, -0.15) is 10.2 Å². The van der Waals surface area contributed by atoms with Crippen LogP contribution >= 0.6 is 45.8 Å². The molecule has 0 saturated carbocycles. The van der Waals surface area contributed by atoms with Crippen LogP contribution in [0.5, 0.6) is 0 Å². The van der Waals surface area contributed by atoms with E-state index in [1.807, 2.05) is 60.6 Å². The van der Waals surface area contributed by atoms with Crippen LogP contribution in [0.3, 0.4) is 0 Å². The Morgan fingerprint density at radius 2 is 1.76 bits per heavy atom. The number of aryl methyl sites for hydroxylation is 3. The van der Waals surface area contributed by atoms with Crippen molar-refractivity contribution in [2.24, 2.45) is 5.73 Å². The van der Waals surface area contributed by atoms with E-state index in [4.69, 9.17) is 5.73 Å². The molecule has 6 heterocycles. The Morgan fingerprint density at radius 3 is 2.35 bits per heavy atom. The lowest BCUT2D eigenvalue weighted by atomic mass is 10.2. The van der Waals surface area contributed by atoms with E-state index in [9.17, 15) is 9.59 Å². The molecule has 8 nitrogen and oxygen atoms in total. The number of aldehydes is 1. The normalized spacial score (nSPS) is 11.3. The highest BCUT2D eigenvalue weighted by Gasteiger charge is 2.13. The summed E-state index contributed by atoms with van der Waals surface area (Å²) in [4.78, 5) is 24.3. The van der Waals surface area contributed by atoms with Crippen LogP contribution in [0.1, 0.15) is 81.7 Å². The Balaban J connectivity index is 0.000000354. The molecule has 0 atom stereocenters. The number of aromatic nitrogens is 4. The van der Waals surface area contributed by atoms with Gasteiger partial charge in [0.05, 0.1) is 32.4 Å². The molecular weight excluding hydrogens is 653 g/mol. The first-order valence-electron chi connectivity index (χ1n) is 15.7. The number of rotatable bonds is 7. The number of carbonyl (C=O) groups excluding carboxylic acids is 2. The minimum atomic E-state index is -0.278. The Kier molecular flexibility index (Phi) is 21.3. The van der Waals surface area contributed by atoms with Crippen LogP contribution in [0.15, 0.2) is 52.3 Å². The van der Waals surface area contributed by atoms with Crippen LogP contribution in [0.4, 0.5) is 5.69 Å². The topological polar surface area (TPSA) is 124 Å². The second kappa shape index (κ2) is 24.0. The van der Waals surface area contributed by atoms with Crippen LogP contribution in [0, 0.1) is 13.8 Å². The SMILES string of the molecule is CC.CC.CC.Cc1c(CCC=O)sc2c(NCc3cccs3)cnnc12.Cc1csc2ccnnc12.NC(=O)C1=CCCCS1. The maximum Gasteiger partial charge on any atom is 0.254 e. The van der Waals surface area contributed by atoms with Crippen molar-refractivity contribution in [1.29, 1.82) is 0 Å². The number of hydrogen-bond acceptors (Lipinski definition) is 11. The van der Waals surface area contributed by atoms with Gasteiger partial charge in [0.15, 0.2) is 0 Å². The van der Waals surface area contributed by atoms with Gasteiger partial charge in [0, 0.05) is 22.7 Å². The minimum Gasteiger partial charge on any atom is -0.378 e. The third-order valence-corrected chi connectivity index (χ3v) is 10.4. The molecule has 5 aromatic heterocycles. The summed E-state index contributed by atoms with van der Waals surface area (Å²) in [5.41, 5.74) is 10.4. The van der Waals surface area contributed by atoms with Crippen molar-refractivity contribution in [2.45, 2.75) is 87.6 Å². The number of primary amides is 1. The van der Waals surface area contributed by atoms with Crippen molar-refractivity contribution in [3.63, 3.8) is 0 Å². The molecule has 3 N–H and O–H groups in total. The first-order chi connectivity index (χ1) is 22.5. The fourth-order valence-electron chi connectivity index (χ4n) is 3.83. The summed E-state index contributed by atoms with van der Waals surface area (Å²) in [6.45, 7) is 16.9. The number of thiophene rings is 3. The minimum absolute atomic E-state index is 0.278. The molecule has 250 valence electrons. The molecule has 0 bridgehead atoms. The number of allylic oxidation sites excluding steroid dienone is 1. The summed E-state index contributed by atoms with van der Waals surface area (Å²) in [7, 11) is 0. The quantitative estimate of drug-likeness (QED) is 0.161. The maximum absolute atomic E-state index is 10.6. The van der Waals surface area contributed by atoms with E-state index in [1.165, 1.54) is 26.4 Å². The number of anilines is 1. The van der Waals surface area contributed by atoms with Crippen LogP contribution in [-0.4, -0.2) is 38.3 Å². The molecule has 0 saturated heterocycles. The molecule has 1 amide bonds. The zero-order valence-corrected chi connectivity index (χ0v) is 31.5. The van der Waals surface area contributed by atoms with Crippen LogP contribution in [0.2, 0.25) is 0 Å². The standard InChI is InChI=1S/C15H15N3OS2.C7H6N2S.C6H9NOS.3C2H6/c1-10-13(5-2-6-19)21-15-12(9-17-18-14(10)15)16-8-11-4-3-7-20-11;1-5-4-10-6-2-3-8-9-7(5)6;7-6(8)5-3-1-2-4-9-5;3*1-2/h3-4,6-7,9H,2,5,8H2,1H3,(H,16,18);2-4H,1H3;3H,1-2,4H2,(H2,7,8);3*1-2H3. The Hall–Kier alpha value is -3.19. The van der Waals surface area contributed by atoms with Gasteiger partial charge in [-0.05, 0) is 72.9 Å². The third-order valence-electron chi connectivity index (χ3n) is 5.92. The zero-order valence-electron chi connectivity index (χ0n) is 28.3. The van der Waals surface area contributed by atoms with Crippen molar-refractivity contribution in [3.8, 4) is 0 Å². The van der Waals surface area contributed by atoms with Gasteiger partial charge >= 0.3 is 0 Å². The van der Waals surface area contributed by atoms with Gasteiger partial charge in [0.2, 0.25) is 0 Å². The molecular formula is C34H48N6O2S4. The van der Waals surface area contributed by atoms with Crippen molar-refractivity contribution < 1.29 is 9.59 Å². The molecule has 0 unspecified atom stereocenters. The lowest BCUT2D eigenvalue weighted by molar-refractivity contribution is -0.114. The first-order valence-corrected chi connectivity index (χ1v) is 19.3. The van der Waals surface area contributed by atoms with Gasteiger partial charge in [-0.3, -0.25) is 4.79 Å². The number of fused-ring (bicyclic) bond motifs is 2. The molecule has 0 aromatic carbocycles. The number of carbonyl (C=O) groups is 2. The van der Waals surface area contributed by atoms with Crippen molar-refractivity contribution >= 4 is 84.1 Å². The molecule has 0 radical (unpaired) electrons. The molecule has 46 heavy (non-hydrogen) atoms. The highest BCUT2D eigenvalue weighted by atomic mass is 32.2. The second-order valence-electron chi connectivity index (χ2n) is 8.81. The molecule has 1 aliphatic heterocycles. The number of thioether (sulfide) groups is 1. The summed E-state index contributed by atoms with van der Waals surface area (Å²) >= 11 is 6.71. The van der Waals surface area contributed by atoms with E-state index in [0.29, 0.717) is 6.42 Å². The molecule has 5 aromatic rings. The van der Waals surface area contributed by atoms with Crippen molar-refractivity contribution in [2.75, 3.05) is 11.1 Å². The fraction of sp³-hybridized carbons (Fsp3) is 0.412. The average molecular weight is 701 g/mol. The van der Waals surface area contributed by atoms with Gasteiger partial charge in [-0.15, -0.1) is 56.0 Å². The summed E-state index contributed by atoms with van der Waals surface area (Å²) in [5.74, 6) is 0.758. The maximum atomic E-state index is 10.6. The Morgan fingerprint density at radius 1 is 1.02 bits per heavy atom. The predicted molar refractivity (Wildman–Crippen MR) is 203 cm³/mol. The number of nitrogens with one attached hydrogen (secondary N) is 1. The van der Waals surface area contributed by atoms with Gasteiger partial charge in [0.25, 0.3) is 5.91 Å². The van der Waals surface area contributed by atoms with Gasteiger partial charge in [-0.1, -0.05) is 53.7 Å². The van der Waals surface area contributed by atoms with E-state index in [0.717, 1.165) is 63.3 Å². The van der Waals surface area contributed by atoms with E-state index >= 15 is 0 Å². The van der Waals surface area contributed by atoms with E-state index in [2.05, 4.69) is 55.5 Å². The largest absolute Gasteiger partial charge is 0.378 e. The highest BCUT2D eigenvalue weighted by Crippen LogP contribution is 2.34. The number of nitrogens with two attached hydrogens (primary N) is 1. The van der Waals surface area contributed by atoms with Gasteiger partial charge in [-0.25, -0.2) is 0 Å².